The Morgan fingerprint density at radius 2 is 1.69 bits per heavy atom. The first-order chi connectivity index (χ1) is 16.9. The van der Waals surface area contributed by atoms with E-state index < -0.39 is 5.60 Å². The van der Waals surface area contributed by atoms with Crippen LogP contribution in [-0.2, 0) is 11.3 Å². The van der Waals surface area contributed by atoms with Crippen LogP contribution in [0.25, 0.3) is 0 Å². The Morgan fingerprint density at radius 3 is 2.40 bits per heavy atom. The lowest BCUT2D eigenvalue weighted by Crippen LogP contribution is -2.37. The van der Waals surface area contributed by atoms with Crippen LogP contribution in [0.2, 0.25) is 0 Å². The summed E-state index contributed by atoms with van der Waals surface area (Å²) in [6.07, 6.45) is 3.00. The van der Waals surface area contributed by atoms with Gasteiger partial charge in [0.05, 0.1) is 12.2 Å². The first kappa shape index (κ1) is 25.0. The summed E-state index contributed by atoms with van der Waals surface area (Å²) >= 11 is 0. The van der Waals surface area contributed by atoms with E-state index >= 15 is 0 Å². The number of nitrogens with zero attached hydrogens (tertiary/aromatic N) is 2. The number of ether oxygens (including phenoxy) is 2. The normalized spacial score (nSPS) is 21.0. The van der Waals surface area contributed by atoms with Crippen molar-refractivity contribution < 1.29 is 24.2 Å². The number of hydrogen-bond donors (Lipinski definition) is 2. The van der Waals surface area contributed by atoms with Gasteiger partial charge in [-0.3, -0.25) is 15.0 Å². The molecule has 2 aromatic carbocycles. The molecule has 35 heavy (non-hydrogen) atoms. The smallest absolute Gasteiger partial charge is 0.324 e. The molecule has 0 unspecified atom stereocenters. The molecule has 188 valence electrons. The molecular weight excluding hydrogens is 446 g/mol. The van der Waals surface area contributed by atoms with Crippen molar-refractivity contribution in [1.29, 1.82) is 0 Å². The van der Waals surface area contributed by atoms with Crippen molar-refractivity contribution in [3.05, 3.63) is 59.7 Å². The predicted octanol–water partition coefficient (Wildman–Crippen LogP) is 3.11. The second-order valence-electron chi connectivity index (χ2n) is 9.58. The molecule has 2 aromatic rings. The minimum atomic E-state index is -0.805. The molecule has 8 nitrogen and oxygen atoms in total. The number of hydrogen-bond acceptors (Lipinski definition) is 6. The van der Waals surface area contributed by atoms with E-state index in [2.05, 4.69) is 22.3 Å². The SMILES string of the molecule is Cc1ccc(OC[C@]2(O)CCCN(Cc3ccc(OCCCN4CC(=O)NC4=O)cc3)CC2)cc1. The van der Waals surface area contributed by atoms with E-state index in [9.17, 15) is 14.7 Å². The molecule has 2 heterocycles. The second-order valence-corrected chi connectivity index (χ2v) is 9.58. The third-order valence-corrected chi connectivity index (χ3v) is 6.58. The number of imide groups is 1. The summed E-state index contributed by atoms with van der Waals surface area (Å²) < 4.78 is 11.7. The van der Waals surface area contributed by atoms with Gasteiger partial charge in [0.15, 0.2) is 0 Å². The number of urea groups is 1. The molecule has 1 atom stereocenters. The quantitative estimate of drug-likeness (QED) is 0.400. The Kier molecular flexibility index (Phi) is 8.25. The highest BCUT2D eigenvalue weighted by atomic mass is 16.5. The van der Waals surface area contributed by atoms with Crippen molar-refractivity contribution in [3.8, 4) is 11.5 Å². The van der Waals surface area contributed by atoms with E-state index in [1.807, 2.05) is 43.3 Å². The van der Waals surface area contributed by atoms with Gasteiger partial charge in [0.1, 0.15) is 24.7 Å². The van der Waals surface area contributed by atoms with Gasteiger partial charge in [-0.05, 0) is 69.0 Å². The summed E-state index contributed by atoms with van der Waals surface area (Å²) in [5.74, 6) is 1.33. The Labute approximate surface area is 206 Å². The van der Waals surface area contributed by atoms with E-state index in [1.54, 1.807) is 0 Å². The number of benzene rings is 2. The van der Waals surface area contributed by atoms with E-state index in [0.29, 0.717) is 32.6 Å². The van der Waals surface area contributed by atoms with Crippen molar-refractivity contribution in [2.75, 3.05) is 39.4 Å². The fraction of sp³-hybridized carbons (Fsp3) is 0.481. The van der Waals surface area contributed by atoms with Crippen LogP contribution in [0.4, 0.5) is 4.79 Å². The molecule has 2 N–H and O–H groups in total. The molecular formula is C27H35N3O5. The number of carbonyl (C=O) groups is 2. The third kappa shape index (κ3) is 7.44. The van der Waals surface area contributed by atoms with Crippen LogP contribution in [0.3, 0.4) is 0 Å². The molecule has 3 amide bonds. The summed E-state index contributed by atoms with van der Waals surface area (Å²) in [6, 6.07) is 15.7. The summed E-state index contributed by atoms with van der Waals surface area (Å²) in [7, 11) is 0. The third-order valence-electron chi connectivity index (χ3n) is 6.58. The predicted molar refractivity (Wildman–Crippen MR) is 132 cm³/mol. The maximum atomic E-state index is 11.5. The summed E-state index contributed by atoms with van der Waals surface area (Å²) in [6.45, 7) is 6.04. The zero-order valence-electron chi connectivity index (χ0n) is 20.4. The molecule has 0 aliphatic carbocycles. The van der Waals surface area contributed by atoms with Gasteiger partial charge in [0.25, 0.3) is 0 Å². The van der Waals surface area contributed by atoms with E-state index in [0.717, 1.165) is 44.0 Å². The Bertz CT molecular complexity index is 995. The van der Waals surface area contributed by atoms with Crippen LogP contribution >= 0.6 is 0 Å². The number of likely N-dealkylation sites (tertiary alicyclic amines) is 1. The van der Waals surface area contributed by atoms with E-state index in [4.69, 9.17) is 9.47 Å². The largest absolute Gasteiger partial charge is 0.494 e. The average Bonchev–Trinajstić information content (AvgIpc) is 3.05. The van der Waals surface area contributed by atoms with Crippen LogP contribution in [0.15, 0.2) is 48.5 Å². The molecule has 0 radical (unpaired) electrons. The number of nitrogens with one attached hydrogen (secondary N) is 1. The van der Waals surface area contributed by atoms with Gasteiger partial charge < -0.3 is 19.5 Å². The maximum absolute atomic E-state index is 11.5. The van der Waals surface area contributed by atoms with Gasteiger partial charge >= 0.3 is 6.03 Å². The number of rotatable bonds is 10. The molecule has 4 rings (SSSR count). The molecule has 0 aromatic heterocycles. The lowest BCUT2D eigenvalue weighted by Gasteiger charge is -2.27. The molecule has 2 aliphatic heterocycles. The zero-order valence-corrected chi connectivity index (χ0v) is 20.4. The van der Waals surface area contributed by atoms with Crippen LogP contribution < -0.4 is 14.8 Å². The standard InChI is InChI=1S/C27H35N3O5/c1-21-4-8-24(9-5-21)35-20-27(33)12-2-14-29(16-13-27)18-22-6-10-23(11-7-22)34-17-3-15-30-19-25(31)28-26(30)32/h4-11,33H,2-3,12-20H2,1H3,(H,28,31,32)/t27-/m0/s1. The number of amides is 3. The van der Waals surface area contributed by atoms with E-state index in [1.165, 1.54) is 16.0 Å². The monoisotopic (exact) mass is 481 g/mol. The summed E-state index contributed by atoms with van der Waals surface area (Å²) in [5, 5.41) is 13.3. The Morgan fingerprint density at radius 1 is 0.971 bits per heavy atom. The topological polar surface area (TPSA) is 91.3 Å². The lowest BCUT2D eigenvalue weighted by atomic mass is 9.96. The molecule has 0 saturated carbocycles. The molecule has 2 saturated heterocycles. The van der Waals surface area contributed by atoms with Gasteiger partial charge in [0.2, 0.25) is 5.91 Å². The van der Waals surface area contributed by atoms with Crippen molar-refractivity contribution in [1.82, 2.24) is 15.1 Å². The van der Waals surface area contributed by atoms with Gasteiger partial charge in [-0.15, -0.1) is 0 Å². The number of aliphatic hydroxyl groups is 1. The average molecular weight is 482 g/mol. The lowest BCUT2D eigenvalue weighted by molar-refractivity contribution is -0.118. The van der Waals surface area contributed by atoms with Gasteiger partial charge in [-0.2, -0.15) is 0 Å². The Hall–Kier alpha value is -3.10. The van der Waals surface area contributed by atoms with Gasteiger partial charge in [0, 0.05) is 19.6 Å². The van der Waals surface area contributed by atoms with Crippen LogP contribution in [0, 0.1) is 6.92 Å². The fourth-order valence-electron chi connectivity index (χ4n) is 4.45. The highest BCUT2D eigenvalue weighted by Gasteiger charge is 2.31. The minimum Gasteiger partial charge on any atom is -0.494 e. The first-order valence-corrected chi connectivity index (χ1v) is 12.3. The van der Waals surface area contributed by atoms with Crippen molar-refractivity contribution in [2.24, 2.45) is 0 Å². The fourth-order valence-corrected chi connectivity index (χ4v) is 4.45. The van der Waals surface area contributed by atoms with Crippen molar-refractivity contribution in [2.45, 2.75) is 44.8 Å². The van der Waals surface area contributed by atoms with Crippen molar-refractivity contribution in [3.63, 3.8) is 0 Å². The summed E-state index contributed by atoms with van der Waals surface area (Å²) in [4.78, 5) is 26.6. The first-order valence-electron chi connectivity index (χ1n) is 12.3. The van der Waals surface area contributed by atoms with Crippen molar-refractivity contribution >= 4 is 11.9 Å². The second kappa shape index (κ2) is 11.6. The molecule has 0 spiro atoms. The highest BCUT2D eigenvalue weighted by molar-refractivity contribution is 6.01. The zero-order chi connectivity index (χ0) is 24.7. The number of aryl methyl sites for hydroxylation is 1. The van der Waals surface area contributed by atoms with Crippen LogP contribution in [0.5, 0.6) is 11.5 Å². The molecule has 2 aliphatic rings. The molecule has 0 bridgehead atoms. The highest BCUT2D eigenvalue weighted by Crippen LogP contribution is 2.25. The van der Waals surface area contributed by atoms with E-state index in [-0.39, 0.29) is 18.5 Å². The van der Waals surface area contributed by atoms with Crippen LogP contribution in [-0.4, -0.2) is 71.8 Å². The summed E-state index contributed by atoms with van der Waals surface area (Å²) in [5.41, 5.74) is 1.58. The molecule has 8 heteroatoms. The van der Waals surface area contributed by atoms with Crippen LogP contribution in [0.1, 0.15) is 36.8 Å². The minimum absolute atomic E-state index is 0.126. The Balaban J connectivity index is 1.17. The van der Waals surface area contributed by atoms with Gasteiger partial charge in [-0.25, -0.2) is 4.79 Å². The molecule has 2 fully saturated rings. The number of carbonyl (C=O) groups excluding carboxylic acids is 2. The maximum Gasteiger partial charge on any atom is 0.324 e. The van der Waals surface area contributed by atoms with Gasteiger partial charge in [-0.1, -0.05) is 29.8 Å².